The maximum Gasteiger partial charge on any atom is 0.239 e. The van der Waals surface area contributed by atoms with E-state index in [1.54, 1.807) is 0 Å². The fourth-order valence-corrected chi connectivity index (χ4v) is 3.45. The average Bonchev–Trinajstić information content (AvgIpc) is 2.61. The fraction of sp³-hybridized carbons (Fsp3) is 0. The Morgan fingerprint density at radius 1 is 0.500 bits per heavy atom. The van der Waals surface area contributed by atoms with E-state index < -0.39 is 76.9 Å². The zero-order valence-electron chi connectivity index (χ0n) is 11.6. The lowest BCUT2D eigenvalue weighted by atomic mass is 10.3. The molecule has 0 spiro atoms. The van der Waals surface area contributed by atoms with Crippen LogP contribution in [0.4, 0.5) is 43.9 Å². The first kappa shape index (κ1) is 19.9. The van der Waals surface area contributed by atoms with Gasteiger partial charge in [0.05, 0.1) is 10.6 Å². The quantitative estimate of drug-likeness (QED) is 0.190. The molecule has 0 aliphatic carbocycles. The average molecular weight is 407 g/mol. The van der Waals surface area contributed by atoms with E-state index in [4.69, 9.17) is 0 Å². The molecule has 26 heavy (non-hydrogen) atoms. The van der Waals surface area contributed by atoms with Gasteiger partial charge in [0.15, 0.2) is 46.5 Å². The highest BCUT2D eigenvalue weighted by Crippen LogP contribution is 2.41. The molecule has 0 saturated heterocycles. The first-order valence-electron chi connectivity index (χ1n) is 5.96. The molecule has 2 rings (SSSR count). The summed E-state index contributed by atoms with van der Waals surface area (Å²) in [6.45, 7) is 0. The van der Waals surface area contributed by atoms with Gasteiger partial charge in [0, 0.05) is 0 Å². The normalized spacial score (nSPS) is 11.0. The maximum atomic E-state index is 13.8. The molecular formula is C13F10NOP. The molecular weight excluding hydrogens is 407 g/mol. The van der Waals surface area contributed by atoms with E-state index in [9.17, 15) is 48.7 Å². The molecule has 0 heterocycles. The summed E-state index contributed by atoms with van der Waals surface area (Å²) in [7, 11) is -3.92. The van der Waals surface area contributed by atoms with Crippen molar-refractivity contribution in [3.8, 4) is 0 Å². The van der Waals surface area contributed by atoms with Gasteiger partial charge in [-0.2, -0.15) is 4.76 Å². The topological polar surface area (TPSA) is 29.4 Å². The molecule has 0 bridgehead atoms. The van der Waals surface area contributed by atoms with Crippen LogP contribution in [-0.2, 0) is 4.79 Å². The molecule has 2 nitrogen and oxygen atoms in total. The van der Waals surface area contributed by atoms with Crippen molar-refractivity contribution >= 4 is 24.8 Å². The van der Waals surface area contributed by atoms with Gasteiger partial charge in [0.2, 0.25) is 17.7 Å². The highest BCUT2D eigenvalue weighted by molar-refractivity contribution is 7.71. The van der Waals surface area contributed by atoms with Gasteiger partial charge in [-0.15, -0.1) is 0 Å². The molecule has 0 unspecified atom stereocenters. The minimum absolute atomic E-state index is 0.541. The monoisotopic (exact) mass is 407 g/mol. The van der Waals surface area contributed by atoms with E-state index >= 15 is 0 Å². The Morgan fingerprint density at radius 3 is 0.962 bits per heavy atom. The largest absolute Gasteiger partial charge is 0.239 e. The van der Waals surface area contributed by atoms with Gasteiger partial charge in [-0.25, -0.2) is 48.7 Å². The van der Waals surface area contributed by atoms with Crippen LogP contribution in [0.3, 0.4) is 0 Å². The van der Waals surface area contributed by atoms with Crippen molar-refractivity contribution in [3.05, 3.63) is 58.2 Å². The van der Waals surface area contributed by atoms with E-state index in [2.05, 4.69) is 4.76 Å². The van der Waals surface area contributed by atoms with Crippen molar-refractivity contribution < 1.29 is 48.7 Å². The highest BCUT2D eigenvalue weighted by atomic mass is 31.1. The summed E-state index contributed by atoms with van der Waals surface area (Å²) in [6.07, 6.45) is 0.541. The number of isocyanates is 1. The van der Waals surface area contributed by atoms with Gasteiger partial charge in [-0.1, -0.05) is 0 Å². The standard InChI is InChI=1S/C13F10NOP/c14-2-4(16)8(20)12(9(21)5(2)17)26(24-1-25)13-10(22)6(18)3(15)7(19)11(13)23. The molecule has 0 atom stereocenters. The summed E-state index contributed by atoms with van der Waals surface area (Å²) in [4.78, 5) is 10.4. The molecule has 0 N–H and O–H groups in total. The number of hydrogen-bond donors (Lipinski definition) is 0. The van der Waals surface area contributed by atoms with Crippen molar-refractivity contribution in [1.29, 1.82) is 0 Å². The van der Waals surface area contributed by atoms with Gasteiger partial charge in [-0.3, -0.25) is 0 Å². The number of benzene rings is 2. The van der Waals surface area contributed by atoms with Crippen molar-refractivity contribution in [2.24, 2.45) is 4.76 Å². The second-order valence-corrected chi connectivity index (χ2v) is 6.06. The van der Waals surface area contributed by atoms with Crippen molar-refractivity contribution in [2.75, 3.05) is 0 Å². The molecule has 0 radical (unpaired) electrons. The number of carbonyl (C=O) groups excluding carboxylic acids is 1. The van der Waals surface area contributed by atoms with E-state index in [0.29, 0.717) is 6.08 Å². The molecule has 0 saturated carbocycles. The lowest BCUT2D eigenvalue weighted by Crippen LogP contribution is -2.27. The molecule has 0 aliphatic heterocycles. The second kappa shape index (κ2) is 7.05. The number of rotatable bonds is 3. The summed E-state index contributed by atoms with van der Waals surface area (Å²) in [5, 5.41) is -4.08. The summed E-state index contributed by atoms with van der Waals surface area (Å²) < 4.78 is 137. The summed E-state index contributed by atoms with van der Waals surface area (Å²) in [6, 6.07) is 0. The molecule has 0 amide bonds. The van der Waals surface area contributed by atoms with Gasteiger partial charge in [-0.05, 0) is 0 Å². The van der Waals surface area contributed by atoms with Crippen molar-refractivity contribution in [2.45, 2.75) is 0 Å². The Balaban J connectivity index is 2.98. The predicted molar refractivity (Wildman–Crippen MR) is 66.8 cm³/mol. The lowest BCUT2D eigenvalue weighted by Gasteiger charge is -2.16. The Morgan fingerprint density at radius 2 is 0.731 bits per heavy atom. The lowest BCUT2D eigenvalue weighted by molar-refractivity contribution is 0.383. The van der Waals surface area contributed by atoms with Gasteiger partial charge in [0.1, 0.15) is 8.07 Å². The van der Waals surface area contributed by atoms with Crippen molar-refractivity contribution in [3.63, 3.8) is 0 Å². The second-order valence-electron chi connectivity index (χ2n) is 4.34. The third-order valence-corrected chi connectivity index (χ3v) is 4.85. The van der Waals surface area contributed by atoms with Crippen LogP contribution in [-0.4, -0.2) is 6.08 Å². The summed E-state index contributed by atoms with van der Waals surface area (Å²) >= 11 is 0. The van der Waals surface area contributed by atoms with Crippen LogP contribution in [0.15, 0.2) is 4.76 Å². The highest BCUT2D eigenvalue weighted by Gasteiger charge is 2.37. The molecule has 2 aromatic rings. The fourth-order valence-electron chi connectivity index (χ4n) is 1.81. The SMILES string of the molecule is O=C=NP(c1c(F)c(F)c(F)c(F)c1F)c1c(F)c(F)c(F)c(F)c1F. The third kappa shape index (κ3) is 2.85. The van der Waals surface area contributed by atoms with E-state index in [1.165, 1.54) is 0 Å². The minimum Gasteiger partial charge on any atom is -0.211 e. The number of halogens is 10. The summed E-state index contributed by atoms with van der Waals surface area (Å²) in [5.74, 6) is -26.2. The van der Waals surface area contributed by atoms with Crippen LogP contribution in [0, 0.1) is 58.2 Å². The van der Waals surface area contributed by atoms with Crippen LogP contribution < -0.4 is 10.6 Å². The molecule has 0 aliphatic rings. The molecule has 13 heteroatoms. The molecule has 138 valence electrons. The number of nitrogens with zero attached hydrogens (tertiary/aromatic N) is 1. The van der Waals surface area contributed by atoms with Crippen LogP contribution in [0.25, 0.3) is 0 Å². The smallest absolute Gasteiger partial charge is 0.211 e. The summed E-state index contributed by atoms with van der Waals surface area (Å²) in [5.41, 5.74) is 0. The Hall–Kier alpha value is -2.45. The van der Waals surface area contributed by atoms with E-state index in [1.807, 2.05) is 0 Å². The van der Waals surface area contributed by atoms with E-state index in [0.717, 1.165) is 0 Å². The van der Waals surface area contributed by atoms with Gasteiger partial charge < -0.3 is 0 Å². The molecule has 0 aromatic heterocycles. The van der Waals surface area contributed by atoms with Gasteiger partial charge in [0.25, 0.3) is 0 Å². The minimum atomic E-state index is -3.92. The maximum absolute atomic E-state index is 13.8. The Labute approximate surface area is 137 Å². The molecule has 0 fully saturated rings. The zero-order chi connectivity index (χ0) is 19.9. The molecule has 2 aromatic carbocycles. The first-order valence-corrected chi connectivity index (χ1v) is 7.26. The Kier molecular flexibility index (Phi) is 5.39. The van der Waals surface area contributed by atoms with Gasteiger partial charge >= 0.3 is 0 Å². The zero-order valence-corrected chi connectivity index (χ0v) is 12.5. The number of hydrogen-bond acceptors (Lipinski definition) is 2. The van der Waals surface area contributed by atoms with Crippen LogP contribution >= 0.6 is 8.07 Å². The predicted octanol–water partition coefficient (Wildman–Crippen LogP) is 3.76. The third-order valence-electron chi connectivity index (χ3n) is 2.94. The van der Waals surface area contributed by atoms with Crippen LogP contribution in [0.2, 0.25) is 0 Å². The first-order chi connectivity index (χ1) is 12.1. The van der Waals surface area contributed by atoms with Crippen LogP contribution in [0.5, 0.6) is 0 Å². The van der Waals surface area contributed by atoms with Crippen LogP contribution in [0.1, 0.15) is 0 Å². The van der Waals surface area contributed by atoms with E-state index in [-0.39, 0.29) is 0 Å². The van der Waals surface area contributed by atoms with Crippen molar-refractivity contribution in [1.82, 2.24) is 0 Å². The Bertz CT molecular complexity index is 845.